The Bertz CT molecular complexity index is 485. The molecule has 1 N–H and O–H groups in total. The molecule has 0 aliphatic carbocycles. The normalized spacial score (nSPS) is 12.8. The summed E-state index contributed by atoms with van der Waals surface area (Å²) in [6.07, 6.45) is 4.70. The van der Waals surface area contributed by atoms with Gasteiger partial charge in [0.1, 0.15) is 5.76 Å². The van der Waals surface area contributed by atoms with Gasteiger partial charge in [-0.2, -0.15) is 0 Å². The number of nitrogens with one attached hydrogen (secondary N) is 1. The Morgan fingerprint density at radius 3 is 3.00 bits per heavy atom. The molecule has 0 aromatic carbocycles. The molecule has 0 saturated carbocycles. The van der Waals surface area contributed by atoms with E-state index in [1.807, 2.05) is 24.4 Å². The van der Waals surface area contributed by atoms with Crippen LogP contribution in [0.2, 0.25) is 0 Å². The Kier molecular flexibility index (Phi) is 3.77. The monoisotopic (exact) mass is 247 g/mol. The lowest BCUT2D eigenvalue weighted by Gasteiger charge is -2.09. The first-order chi connectivity index (χ1) is 8.25. The van der Waals surface area contributed by atoms with Crippen molar-refractivity contribution in [3.05, 3.63) is 52.6 Å². The van der Waals surface area contributed by atoms with E-state index in [1.165, 1.54) is 6.08 Å². The quantitative estimate of drug-likeness (QED) is 0.843. The summed E-state index contributed by atoms with van der Waals surface area (Å²) in [4.78, 5) is 12.8. The highest BCUT2D eigenvalue weighted by molar-refractivity contribution is 7.10. The number of carbonyl (C=O) groups is 1. The van der Waals surface area contributed by atoms with Crippen LogP contribution in [0.15, 0.2) is 46.4 Å². The van der Waals surface area contributed by atoms with Crippen molar-refractivity contribution in [2.75, 3.05) is 0 Å². The summed E-state index contributed by atoms with van der Waals surface area (Å²) < 4.78 is 5.10. The van der Waals surface area contributed by atoms with Crippen molar-refractivity contribution in [2.24, 2.45) is 0 Å². The molecule has 2 aromatic rings. The molecule has 1 atom stereocenters. The van der Waals surface area contributed by atoms with Crippen LogP contribution in [0.4, 0.5) is 0 Å². The van der Waals surface area contributed by atoms with Crippen molar-refractivity contribution < 1.29 is 9.21 Å². The second kappa shape index (κ2) is 5.50. The third-order valence-electron chi connectivity index (χ3n) is 2.27. The highest BCUT2D eigenvalue weighted by Crippen LogP contribution is 2.17. The molecule has 2 rings (SSSR count). The van der Waals surface area contributed by atoms with Gasteiger partial charge in [-0.1, -0.05) is 6.07 Å². The van der Waals surface area contributed by atoms with Gasteiger partial charge in [-0.05, 0) is 36.6 Å². The molecular formula is C13H13NO2S. The minimum Gasteiger partial charge on any atom is -0.465 e. The van der Waals surface area contributed by atoms with Crippen LogP contribution in [0.3, 0.4) is 0 Å². The van der Waals surface area contributed by atoms with E-state index in [-0.39, 0.29) is 11.9 Å². The van der Waals surface area contributed by atoms with E-state index in [2.05, 4.69) is 5.32 Å². The van der Waals surface area contributed by atoms with Crippen molar-refractivity contribution in [1.29, 1.82) is 0 Å². The van der Waals surface area contributed by atoms with E-state index in [4.69, 9.17) is 4.42 Å². The smallest absolute Gasteiger partial charge is 0.244 e. The van der Waals surface area contributed by atoms with E-state index in [0.29, 0.717) is 5.76 Å². The third-order valence-corrected chi connectivity index (χ3v) is 3.33. The largest absolute Gasteiger partial charge is 0.465 e. The van der Waals surface area contributed by atoms with Gasteiger partial charge in [-0.3, -0.25) is 4.79 Å². The van der Waals surface area contributed by atoms with E-state index in [9.17, 15) is 4.79 Å². The Labute approximate surface area is 104 Å². The van der Waals surface area contributed by atoms with Gasteiger partial charge in [0.2, 0.25) is 5.91 Å². The first kappa shape index (κ1) is 11.7. The first-order valence-corrected chi connectivity index (χ1v) is 6.19. The van der Waals surface area contributed by atoms with Gasteiger partial charge in [-0.15, -0.1) is 11.3 Å². The van der Waals surface area contributed by atoms with Gasteiger partial charge in [0, 0.05) is 11.0 Å². The molecule has 2 aromatic heterocycles. The summed E-state index contributed by atoms with van der Waals surface area (Å²) in [5, 5.41) is 4.88. The summed E-state index contributed by atoms with van der Waals surface area (Å²) >= 11 is 1.63. The van der Waals surface area contributed by atoms with Gasteiger partial charge < -0.3 is 9.73 Å². The summed E-state index contributed by atoms with van der Waals surface area (Å²) in [7, 11) is 0. The molecule has 0 aliphatic heterocycles. The fourth-order valence-corrected chi connectivity index (χ4v) is 2.15. The highest BCUT2D eigenvalue weighted by Gasteiger charge is 2.07. The van der Waals surface area contributed by atoms with Crippen molar-refractivity contribution in [3.63, 3.8) is 0 Å². The van der Waals surface area contributed by atoms with Gasteiger partial charge in [-0.25, -0.2) is 0 Å². The van der Waals surface area contributed by atoms with Crippen LogP contribution in [0, 0.1) is 0 Å². The predicted molar refractivity (Wildman–Crippen MR) is 68.6 cm³/mol. The zero-order valence-corrected chi connectivity index (χ0v) is 10.2. The van der Waals surface area contributed by atoms with Crippen LogP contribution in [-0.4, -0.2) is 5.91 Å². The molecule has 0 spiro atoms. The molecule has 0 bridgehead atoms. The van der Waals surface area contributed by atoms with E-state index >= 15 is 0 Å². The second-order valence-electron chi connectivity index (χ2n) is 3.59. The minimum absolute atomic E-state index is 0.0313. The van der Waals surface area contributed by atoms with Crippen LogP contribution in [-0.2, 0) is 4.79 Å². The molecular weight excluding hydrogens is 234 g/mol. The average Bonchev–Trinajstić information content (AvgIpc) is 2.99. The molecule has 0 aliphatic rings. The lowest BCUT2D eigenvalue weighted by atomic mass is 10.2. The fraction of sp³-hybridized carbons (Fsp3) is 0.154. The molecule has 3 nitrogen and oxygen atoms in total. The maximum Gasteiger partial charge on any atom is 0.244 e. The maximum atomic E-state index is 11.6. The van der Waals surface area contributed by atoms with Crippen LogP contribution in [0.5, 0.6) is 0 Å². The first-order valence-electron chi connectivity index (χ1n) is 5.31. The molecule has 0 radical (unpaired) electrons. The number of hydrogen-bond donors (Lipinski definition) is 1. The summed E-state index contributed by atoms with van der Waals surface area (Å²) in [5.74, 6) is 0.547. The fourth-order valence-electron chi connectivity index (χ4n) is 1.41. The predicted octanol–water partition coefficient (Wildman–Crippen LogP) is 3.23. The topological polar surface area (TPSA) is 42.2 Å². The van der Waals surface area contributed by atoms with Crippen molar-refractivity contribution >= 4 is 23.3 Å². The summed E-state index contributed by atoms with van der Waals surface area (Å²) in [5.41, 5.74) is 0. The van der Waals surface area contributed by atoms with Crippen LogP contribution in [0.25, 0.3) is 6.08 Å². The Morgan fingerprint density at radius 2 is 2.35 bits per heavy atom. The van der Waals surface area contributed by atoms with E-state index in [0.717, 1.165) is 4.88 Å². The SMILES string of the molecule is CC(NC(=O)/C=C/c1ccco1)c1cccs1. The van der Waals surface area contributed by atoms with Crippen molar-refractivity contribution in [1.82, 2.24) is 5.32 Å². The lowest BCUT2D eigenvalue weighted by Crippen LogP contribution is -2.23. The molecule has 1 amide bonds. The maximum absolute atomic E-state index is 11.6. The summed E-state index contributed by atoms with van der Waals surface area (Å²) in [6, 6.07) is 7.59. The molecule has 1 unspecified atom stereocenters. The zero-order valence-electron chi connectivity index (χ0n) is 9.42. The number of carbonyl (C=O) groups excluding carboxylic acids is 1. The van der Waals surface area contributed by atoms with E-state index in [1.54, 1.807) is 35.8 Å². The average molecular weight is 247 g/mol. The summed E-state index contributed by atoms with van der Waals surface area (Å²) in [6.45, 7) is 1.96. The van der Waals surface area contributed by atoms with Gasteiger partial charge in [0.25, 0.3) is 0 Å². The number of furan rings is 1. The Balaban J connectivity index is 1.89. The standard InChI is InChI=1S/C13H13NO2S/c1-10(12-5-3-9-17-12)14-13(15)7-6-11-4-2-8-16-11/h2-10H,1H3,(H,14,15)/b7-6+. The van der Waals surface area contributed by atoms with Gasteiger partial charge in [0.05, 0.1) is 12.3 Å². The highest BCUT2D eigenvalue weighted by atomic mass is 32.1. The van der Waals surface area contributed by atoms with Crippen LogP contribution >= 0.6 is 11.3 Å². The molecule has 2 heterocycles. The van der Waals surface area contributed by atoms with Crippen molar-refractivity contribution in [2.45, 2.75) is 13.0 Å². The van der Waals surface area contributed by atoms with Crippen molar-refractivity contribution in [3.8, 4) is 0 Å². The Morgan fingerprint density at radius 1 is 1.47 bits per heavy atom. The van der Waals surface area contributed by atoms with Crippen LogP contribution in [0.1, 0.15) is 23.6 Å². The number of thiophene rings is 1. The molecule has 17 heavy (non-hydrogen) atoms. The third kappa shape index (κ3) is 3.32. The molecule has 88 valence electrons. The minimum atomic E-state index is -0.123. The van der Waals surface area contributed by atoms with E-state index < -0.39 is 0 Å². The second-order valence-corrected chi connectivity index (χ2v) is 4.57. The van der Waals surface area contributed by atoms with Gasteiger partial charge in [0.15, 0.2) is 0 Å². The lowest BCUT2D eigenvalue weighted by molar-refractivity contribution is -0.117. The Hall–Kier alpha value is -1.81. The zero-order chi connectivity index (χ0) is 12.1. The van der Waals surface area contributed by atoms with Gasteiger partial charge >= 0.3 is 0 Å². The molecule has 4 heteroatoms. The number of rotatable bonds is 4. The molecule has 0 fully saturated rings. The van der Waals surface area contributed by atoms with Crippen LogP contribution < -0.4 is 5.32 Å². The number of hydrogen-bond acceptors (Lipinski definition) is 3. The molecule has 0 saturated heterocycles. The number of amides is 1.